The summed E-state index contributed by atoms with van der Waals surface area (Å²) in [6.07, 6.45) is 0.531. The van der Waals surface area contributed by atoms with Crippen LogP contribution in [0.4, 0.5) is 0 Å². The van der Waals surface area contributed by atoms with Crippen molar-refractivity contribution >= 4 is 11.9 Å². The third-order valence-corrected chi connectivity index (χ3v) is 3.34. The summed E-state index contributed by atoms with van der Waals surface area (Å²) >= 11 is 0. The van der Waals surface area contributed by atoms with E-state index in [9.17, 15) is 4.79 Å². The van der Waals surface area contributed by atoms with Gasteiger partial charge in [0.1, 0.15) is 5.75 Å². The van der Waals surface area contributed by atoms with Gasteiger partial charge in [0, 0.05) is 0 Å². The maximum absolute atomic E-state index is 12.3. The lowest BCUT2D eigenvalue weighted by Gasteiger charge is -2.14. The summed E-state index contributed by atoms with van der Waals surface area (Å²) in [6, 6.07) is 17.1. The van der Waals surface area contributed by atoms with Crippen LogP contribution in [0.2, 0.25) is 0 Å². The number of nitrogens with zero attached hydrogens (tertiary/aromatic N) is 1. The number of hydrogen-bond acceptors (Lipinski definition) is 2. The maximum Gasteiger partial charge on any atom is 0.256 e. The van der Waals surface area contributed by atoms with Crippen LogP contribution in [0.1, 0.15) is 17.0 Å². The molecule has 0 bridgehead atoms. The third kappa shape index (κ3) is 4.09. The number of benzene rings is 2. The van der Waals surface area contributed by atoms with Gasteiger partial charge in [0.15, 0.2) is 5.96 Å². The Morgan fingerprint density at radius 3 is 2.27 bits per heavy atom. The molecule has 0 aliphatic rings. The van der Waals surface area contributed by atoms with E-state index in [0.29, 0.717) is 6.42 Å². The summed E-state index contributed by atoms with van der Waals surface area (Å²) in [5, 5.41) is 0. The molecule has 2 aromatic rings. The summed E-state index contributed by atoms with van der Waals surface area (Å²) in [4.78, 5) is 16.0. The highest BCUT2D eigenvalue weighted by molar-refractivity contribution is 5.95. The molecule has 0 aliphatic carbocycles. The molecular formula is C17H19N3O2. The molecule has 5 nitrogen and oxygen atoms in total. The van der Waals surface area contributed by atoms with Gasteiger partial charge in [-0.1, -0.05) is 42.5 Å². The molecule has 4 N–H and O–H groups in total. The van der Waals surface area contributed by atoms with Gasteiger partial charge in [-0.05, 0) is 29.7 Å². The van der Waals surface area contributed by atoms with Crippen LogP contribution in [0.5, 0.6) is 5.75 Å². The van der Waals surface area contributed by atoms with Crippen molar-refractivity contribution in [1.82, 2.24) is 0 Å². The van der Waals surface area contributed by atoms with Gasteiger partial charge in [0.2, 0.25) is 0 Å². The van der Waals surface area contributed by atoms with E-state index in [1.165, 1.54) is 0 Å². The van der Waals surface area contributed by atoms with Crippen LogP contribution in [0.3, 0.4) is 0 Å². The minimum Gasteiger partial charge on any atom is -0.497 e. The number of nitrogens with two attached hydrogens (primary N) is 2. The molecule has 0 saturated heterocycles. The van der Waals surface area contributed by atoms with E-state index in [2.05, 4.69) is 4.99 Å². The summed E-state index contributed by atoms with van der Waals surface area (Å²) < 4.78 is 5.14. The van der Waals surface area contributed by atoms with Gasteiger partial charge < -0.3 is 16.2 Å². The Bertz CT molecular complexity index is 647. The van der Waals surface area contributed by atoms with Crippen LogP contribution < -0.4 is 16.2 Å². The molecule has 0 spiro atoms. The number of carbonyl (C=O) groups excluding carboxylic acids is 1. The number of ether oxygens (including phenoxy) is 1. The molecule has 5 heteroatoms. The highest BCUT2D eigenvalue weighted by Crippen LogP contribution is 2.24. The molecule has 0 radical (unpaired) electrons. The molecule has 1 atom stereocenters. The fourth-order valence-electron chi connectivity index (χ4n) is 2.24. The first kappa shape index (κ1) is 15.6. The van der Waals surface area contributed by atoms with E-state index < -0.39 is 5.92 Å². The normalized spacial score (nSPS) is 11.5. The van der Waals surface area contributed by atoms with E-state index in [1.54, 1.807) is 7.11 Å². The highest BCUT2D eigenvalue weighted by atomic mass is 16.5. The minimum atomic E-state index is -0.435. The van der Waals surface area contributed by atoms with Crippen LogP contribution in [0, 0.1) is 0 Å². The smallest absolute Gasteiger partial charge is 0.256 e. The average molecular weight is 297 g/mol. The largest absolute Gasteiger partial charge is 0.497 e. The molecule has 0 aromatic heterocycles. The zero-order valence-electron chi connectivity index (χ0n) is 12.4. The number of hydrogen-bond donors (Lipinski definition) is 2. The van der Waals surface area contributed by atoms with Crippen molar-refractivity contribution in [3.8, 4) is 5.75 Å². The second-order valence-corrected chi connectivity index (χ2v) is 4.89. The molecule has 0 aliphatic heterocycles. The lowest BCUT2D eigenvalue weighted by Crippen LogP contribution is -2.26. The Labute approximate surface area is 129 Å². The van der Waals surface area contributed by atoms with Crippen molar-refractivity contribution < 1.29 is 9.53 Å². The standard InChI is InChI=1S/C17H19N3O2/c1-22-14-9-7-13(8-10-14)15(16(21)20-17(18)19)11-12-5-3-2-4-6-12/h2-10,15H,11H2,1H3,(H4,18,19,20,21). The zero-order chi connectivity index (χ0) is 15.9. The molecular weight excluding hydrogens is 278 g/mol. The Morgan fingerprint density at radius 2 is 1.73 bits per heavy atom. The number of aliphatic imine (C=N–C) groups is 1. The first-order valence-corrected chi connectivity index (χ1v) is 6.91. The van der Waals surface area contributed by atoms with Gasteiger partial charge in [-0.2, -0.15) is 4.99 Å². The molecule has 1 unspecified atom stereocenters. The SMILES string of the molecule is COc1ccc(C(Cc2ccccc2)C(=O)N=C(N)N)cc1. The van der Waals surface area contributed by atoms with Crippen molar-refractivity contribution in [1.29, 1.82) is 0 Å². The van der Waals surface area contributed by atoms with Crippen molar-refractivity contribution in [2.75, 3.05) is 7.11 Å². The summed E-state index contributed by atoms with van der Waals surface area (Å²) in [5.74, 6) is -0.280. The topological polar surface area (TPSA) is 90.7 Å². The van der Waals surface area contributed by atoms with Crippen LogP contribution in [-0.4, -0.2) is 19.0 Å². The number of carbonyl (C=O) groups is 1. The first-order valence-electron chi connectivity index (χ1n) is 6.91. The number of amides is 1. The van der Waals surface area contributed by atoms with Crippen molar-refractivity contribution in [3.05, 3.63) is 65.7 Å². The fourth-order valence-corrected chi connectivity index (χ4v) is 2.24. The Balaban J connectivity index is 2.31. The van der Waals surface area contributed by atoms with E-state index >= 15 is 0 Å². The Kier molecular flexibility index (Phi) is 5.14. The fraction of sp³-hybridized carbons (Fsp3) is 0.176. The Hall–Kier alpha value is -2.82. The minimum absolute atomic E-state index is 0.225. The lowest BCUT2D eigenvalue weighted by molar-refractivity contribution is -0.119. The monoisotopic (exact) mass is 297 g/mol. The number of methoxy groups -OCH3 is 1. The third-order valence-electron chi connectivity index (χ3n) is 3.34. The van der Waals surface area contributed by atoms with E-state index in [4.69, 9.17) is 16.2 Å². The van der Waals surface area contributed by atoms with Gasteiger partial charge in [-0.25, -0.2) is 0 Å². The average Bonchev–Trinajstić information content (AvgIpc) is 2.53. The molecule has 0 heterocycles. The van der Waals surface area contributed by atoms with Crippen molar-refractivity contribution in [2.24, 2.45) is 16.5 Å². The first-order chi connectivity index (χ1) is 10.6. The molecule has 22 heavy (non-hydrogen) atoms. The van der Waals surface area contributed by atoms with Gasteiger partial charge in [-0.15, -0.1) is 0 Å². The lowest BCUT2D eigenvalue weighted by atomic mass is 9.91. The molecule has 0 saturated carbocycles. The van der Waals surface area contributed by atoms with E-state index in [-0.39, 0.29) is 11.9 Å². The quantitative estimate of drug-likeness (QED) is 0.650. The summed E-state index contributed by atoms with van der Waals surface area (Å²) in [7, 11) is 1.60. The van der Waals surface area contributed by atoms with Crippen LogP contribution in [0.15, 0.2) is 59.6 Å². The molecule has 2 rings (SSSR count). The second-order valence-electron chi connectivity index (χ2n) is 4.89. The van der Waals surface area contributed by atoms with Crippen LogP contribution >= 0.6 is 0 Å². The van der Waals surface area contributed by atoms with E-state index in [1.807, 2.05) is 54.6 Å². The second kappa shape index (κ2) is 7.26. The molecule has 1 amide bonds. The van der Waals surface area contributed by atoms with Gasteiger partial charge in [0.05, 0.1) is 13.0 Å². The van der Waals surface area contributed by atoms with Gasteiger partial charge in [0.25, 0.3) is 5.91 Å². The predicted molar refractivity (Wildman–Crippen MR) is 86.7 cm³/mol. The molecule has 2 aromatic carbocycles. The van der Waals surface area contributed by atoms with Crippen LogP contribution in [-0.2, 0) is 11.2 Å². The van der Waals surface area contributed by atoms with Gasteiger partial charge in [-0.3, -0.25) is 4.79 Å². The summed E-state index contributed by atoms with van der Waals surface area (Å²) in [5.41, 5.74) is 12.6. The number of rotatable bonds is 5. The zero-order valence-corrected chi connectivity index (χ0v) is 12.4. The summed E-state index contributed by atoms with van der Waals surface area (Å²) in [6.45, 7) is 0. The highest BCUT2D eigenvalue weighted by Gasteiger charge is 2.21. The van der Waals surface area contributed by atoms with Crippen molar-refractivity contribution in [3.63, 3.8) is 0 Å². The Morgan fingerprint density at radius 1 is 1.09 bits per heavy atom. The maximum atomic E-state index is 12.3. The van der Waals surface area contributed by atoms with Crippen molar-refractivity contribution in [2.45, 2.75) is 12.3 Å². The van der Waals surface area contributed by atoms with Gasteiger partial charge >= 0.3 is 0 Å². The molecule has 114 valence electrons. The predicted octanol–water partition coefficient (Wildman–Crippen LogP) is 1.82. The number of guanidine groups is 1. The van der Waals surface area contributed by atoms with Crippen LogP contribution in [0.25, 0.3) is 0 Å². The molecule has 0 fully saturated rings. The van der Waals surface area contributed by atoms with E-state index in [0.717, 1.165) is 16.9 Å².